The maximum absolute atomic E-state index is 12.3. The van der Waals surface area contributed by atoms with Crippen LogP contribution in [-0.4, -0.2) is 51.6 Å². The van der Waals surface area contributed by atoms with Crippen LogP contribution in [0.1, 0.15) is 5.56 Å². The molecule has 0 atom stereocenters. The zero-order chi connectivity index (χ0) is 16.0. The van der Waals surface area contributed by atoms with Crippen molar-refractivity contribution in [2.45, 2.75) is 11.3 Å². The van der Waals surface area contributed by atoms with Crippen molar-refractivity contribution in [3.8, 4) is 17.6 Å². The summed E-state index contributed by atoms with van der Waals surface area (Å²) in [6, 6.07) is 3.85. The van der Waals surface area contributed by atoms with E-state index in [-0.39, 0.29) is 10.5 Å². The van der Waals surface area contributed by atoms with E-state index >= 15 is 0 Å². The van der Waals surface area contributed by atoms with Gasteiger partial charge in [0.1, 0.15) is 12.4 Å². The van der Waals surface area contributed by atoms with Gasteiger partial charge in [0.15, 0.2) is 0 Å². The molecule has 0 heterocycles. The molecule has 0 unspecified atom stereocenters. The average Bonchev–Trinajstić information content (AvgIpc) is 2.43. The van der Waals surface area contributed by atoms with Gasteiger partial charge in [-0.15, -0.1) is 0 Å². The van der Waals surface area contributed by atoms with Crippen LogP contribution in [0.4, 0.5) is 8.78 Å². The molecule has 0 aromatic heterocycles. The lowest BCUT2D eigenvalue weighted by Gasteiger charge is -2.17. The monoisotopic (exact) mass is 319 g/mol. The molecule has 0 radical (unpaired) electrons. The fourth-order valence-corrected chi connectivity index (χ4v) is 2.73. The minimum atomic E-state index is -4.04. The number of alkyl halides is 2. The minimum Gasteiger partial charge on any atom is -0.495 e. The standard InChI is InChI=1S/C13H15F2NO4S/c1-16(9-13(14)15)21(18,19)11-5-6-12(20-2)10(8-11)4-3-7-17/h5-6,8,13,17H,7,9H2,1-2H3. The predicted molar refractivity (Wildman–Crippen MR) is 72.8 cm³/mol. The molecule has 0 bridgehead atoms. The second kappa shape index (κ2) is 7.36. The number of nitrogens with zero attached hydrogens (tertiary/aromatic N) is 1. The maximum Gasteiger partial charge on any atom is 0.252 e. The van der Waals surface area contributed by atoms with Gasteiger partial charge in [-0.2, -0.15) is 4.31 Å². The van der Waals surface area contributed by atoms with Crippen LogP contribution >= 0.6 is 0 Å². The Hall–Kier alpha value is -1.69. The van der Waals surface area contributed by atoms with Crippen LogP contribution in [0.15, 0.2) is 23.1 Å². The zero-order valence-corrected chi connectivity index (χ0v) is 12.3. The van der Waals surface area contributed by atoms with E-state index in [1.54, 1.807) is 0 Å². The Kier molecular flexibility index (Phi) is 6.08. The lowest BCUT2D eigenvalue weighted by atomic mass is 10.2. The van der Waals surface area contributed by atoms with Gasteiger partial charge < -0.3 is 9.84 Å². The molecule has 1 aromatic rings. The summed E-state index contributed by atoms with van der Waals surface area (Å²) < 4.78 is 54.5. The van der Waals surface area contributed by atoms with E-state index < -0.39 is 29.6 Å². The predicted octanol–water partition coefficient (Wildman–Crippen LogP) is 0.925. The number of hydrogen-bond acceptors (Lipinski definition) is 4. The third-order valence-electron chi connectivity index (χ3n) is 2.58. The summed E-state index contributed by atoms with van der Waals surface area (Å²) in [5, 5.41) is 8.68. The topological polar surface area (TPSA) is 66.8 Å². The maximum atomic E-state index is 12.3. The highest BCUT2D eigenvalue weighted by molar-refractivity contribution is 7.89. The Morgan fingerprint density at radius 2 is 2.10 bits per heavy atom. The van der Waals surface area contributed by atoms with Gasteiger partial charge in [-0.3, -0.25) is 0 Å². The molecule has 21 heavy (non-hydrogen) atoms. The number of aliphatic hydroxyl groups is 1. The first-order valence-electron chi connectivity index (χ1n) is 5.85. The fourth-order valence-electron chi connectivity index (χ4n) is 1.55. The molecular weight excluding hydrogens is 304 g/mol. The number of ether oxygens (including phenoxy) is 1. The summed E-state index contributed by atoms with van der Waals surface area (Å²) in [7, 11) is -1.58. The summed E-state index contributed by atoms with van der Waals surface area (Å²) in [6.07, 6.45) is -2.77. The van der Waals surface area contributed by atoms with Crippen LogP contribution in [-0.2, 0) is 10.0 Å². The molecule has 0 aliphatic rings. The van der Waals surface area contributed by atoms with E-state index in [0.717, 1.165) is 7.05 Å². The molecule has 0 aliphatic heterocycles. The minimum absolute atomic E-state index is 0.173. The Labute approximate surface area is 122 Å². The molecule has 0 saturated carbocycles. The number of halogens is 2. The molecule has 1 N–H and O–H groups in total. The largest absolute Gasteiger partial charge is 0.495 e. The third-order valence-corrected chi connectivity index (χ3v) is 4.40. The first-order valence-corrected chi connectivity index (χ1v) is 7.29. The molecule has 1 rings (SSSR count). The Balaban J connectivity index is 3.25. The molecular formula is C13H15F2NO4S. The van der Waals surface area contributed by atoms with Crippen molar-refractivity contribution in [1.82, 2.24) is 4.31 Å². The van der Waals surface area contributed by atoms with E-state index in [1.165, 1.54) is 25.3 Å². The van der Waals surface area contributed by atoms with E-state index in [1.807, 2.05) is 0 Å². The number of aliphatic hydroxyl groups excluding tert-OH is 1. The van der Waals surface area contributed by atoms with Crippen LogP contribution in [0.5, 0.6) is 5.75 Å². The fraction of sp³-hybridized carbons (Fsp3) is 0.385. The Bertz CT molecular complexity index is 650. The molecule has 0 saturated heterocycles. The highest BCUT2D eigenvalue weighted by atomic mass is 32.2. The Morgan fingerprint density at radius 3 is 2.62 bits per heavy atom. The van der Waals surface area contributed by atoms with Crippen molar-refractivity contribution in [2.24, 2.45) is 0 Å². The van der Waals surface area contributed by atoms with Crippen LogP contribution in [0, 0.1) is 11.8 Å². The second-order valence-corrected chi connectivity index (χ2v) is 6.04. The highest BCUT2D eigenvalue weighted by Gasteiger charge is 2.24. The van der Waals surface area contributed by atoms with Gasteiger partial charge >= 0.3 is 0 Å². The highest BCUT2D eigenvalue weighted by Crippen LogP contribution is 2.23. The van der Waals surface area contributed by atoms with E-state index in [0.29, 0.717) is 10.1 Å². The number of sulfonamides is 1. The molecule has 1 aromatic carbocycles. The SMILES string of the molecule is COc1ccc(S(=O)(=O)N(C)CC(F)F)cc1C#CCO. The third kappa shape index (κ3) is 4.39. The van der Waals surface area contributed by atoms with Crippen molar-refractivity contribution in [1.29, 1.82) is 0 Å². The van der Waals surface area contributed by atoms with E-state index in [9.17, 15) is 17.2 Å². The van der Waals surface area contributed by atoms with Crippen molar-refractivity contribution >= 4 is 10.0 Å². The number of hydrogen-bond donors (Lipinski definition) is 1. The van der Waals surface area contributed by atoms with Crippen molar-refractivity contribution < 1.29 is 27.0 Å². The number of rotatable bonds is 5. The molecule has 116 valence electrons. The summed E-state index contributed by atoms with van der Waals surface area (Å²) in [6.45, 7) is -1.29. The summed E-state index contributed by atoms with van der Waals surface area (Å²) in [4.78, 5) is -0.173. The normalized spacial score (nSPS) is 11.4. The molecule has 8 heteroatoms. The zero-order valence-electron chi connectivity index (χ0n) is 11.5. The molecule has 0 fully saturated rings. The van der Waals surface area contributed by atoms with Crippen LogP contribution < -0.4 is 4.74 Å². The molecule has 5 nitrogen and oxygen atoms in total. The van der Waals surface area contributed by atoms with Crippen molar-refractivity contribution in [3.05, 3.63) is 23.8 Å². The van der Waals surface area contributed by atoms with Gasteiger partial charge in [-0.25, -0.2) is 17.2 Å². The van der Waals surface area contributed by atoms with Crippen molar-refractivity contribution in [2.75, 3.05) is 27.3 Å². The molecule has 0 amide bonds. The van der Waals surface area contributed by atoms with Crippen LogP contribution in [0.2, 0.25) is 0 Å². The first-order chi connectivity index (χ1) is 9.82. The molecule has 0 aliphatic carbocycles. The quantitative estimate of drug-likeness (QED) is 0.820. The Morgan fingerprint density at radius 1 is 1.43 bits per heavy atom. The second-order valence-electron chi connectivity index (χ2n) is 4.00. The average molecular weight is 319 g/mol. The lowest BCUT2D eigenvalue weighted by molar-refractivity contribution is 0.126. The van der Waals surface area contributed by atoms with E-state index in [2.05, 4.69) is 11.8 Å². The smallest absolute Gasteiger partial charge is 0.252 e. The van der Waals surface area contributed by atoms with Gasteiger partial charge in [-0.05, 0) is 18.2 Å². The van der Waals surface area contributed by atoms with Gasteiger partial charge in [0.25, 0.3) is 6.43 Å². The summed E-state index contributed by atoms with van der Waals surface area (Å²) in [5.74, 6) is 5.25. The van der Waals surface area contributed by atoms with Crippen LogP contribution in [0.25, 0.3) is 0 Å². The molecule has 0 spiro atoms. The first kappa shape index (κ1) is 17.4. The number of methoxy groups -OCH3 is 1. The summed E-state index contributed by atoms with van der Waals surface area (Å²) in [5.41, 5.74) is 0.248. The summed E-state index contributed by atoms with van der Waals surface area (Å²) >= 11 is 0. The van der Waals surface area contributed by atoms with E-state index in [4.69, 9.17) is 9.84 Å². The van der Waals surface area contributed by atoms with Gasteiger partial charge in [0.2, 0.25) is 10.0 Å². The number of benzene rings is 1. The van der Waals surface area contributed by atoms with Gasteiger partial charge in [-0.1, -0.05) is 11.8 Å². The van der Waals surface area contributed by atoms with Crippen molar-refractivity contribution in [3.63, 3.8) is 0 Å². The van der Waals surface area contributed by atoms with Crippen LogP contribution in [0.3, 0.4) is 0 Å². The lowest BCUT2D eigenvalue weighted by Crippen LogP contribution is -2.31. The van der Waals surface area contributed by atoms with Gasteiger partial charge in [0, 0.05) is 7.05 Å². The van der Waals surface area contributed by atoms with Gasteiger partial charge in [0.05, 0.1) is 24.1 Å².